The molecule has 1 aromatic carbocycles. The molecule has 0 saturated heterocycles. The molecule has 0 fully saturated rings. The summed E-state index contributed by atoms with van der Waals surface area (Å²) in [6.07, 6.45) is 3.69. The van der Waals surface area contributed by atoms with Crippen LogP contribution in [0.25, 0.3) is 0 Å². The first-order valence-electron chi connectivity index (χ1n) is 6.08. The van der Waals surface area contributed by atoms with E-state index in [1.807, 2.05) is 24.3 Å². The average Bonchev–Trinajstić information content (AvgIpc) is 2.30. The highest BCUT2D eigenvalue weighted by Gasteiger charge is 2.08. The van der Waals surface area contributed by atoms with E-state index in [2.05, 4.69) is 20.4 Å². The largest absolute Gasteiger partial charge is 0.496 e. The smallest absolute Gasteiger partial charge is 0.126 e. The van der Waals surface area contributed by atoms with Crippen molar-refractivity contribution in [1.82, 2.24) is 0 Å². The molecule has 2 nitrogen and oxygen atoms in total. The highest BCUT2D eigenvalue weighted by molar-refractivity contribution is 5.45. The Labute approximate surface area is 104 Å². The summed E-state index contributed by atoms with van der Waals surface area (Å²) in [7, 11) is 1.68. The molecule has 0 spiro atoms. The van der Waals surface area contributed by atoms with Crippen molar-refractivity contribution in [3.63, 3.8) is 0 Å². The second kappa shape index (κ2) is 7.00. The molecule has 17 heavy (non-hydrogen) atoms. The summed E-state index contributed by atoms with van der Waals surface area (Å²) in [5.74, 6) is 2.43. The van der Waals surface area contributed by atoms with Crippen LogP contribution in [0, 0.1) is 5.92 Å². The Morgan fingerprint density at radius 2 is 2.00 bits per heavy atom. The minimum absolute atomic E-state index is 0.656. The minimum atomic E-state index is 0.656. The zero-order valence-corrected chi connectivity index (χ0v) is 11.0. The molecule has 1 aromatic rings. The van der Waals surface area contributed by atoms with Crippen molar-refractivity contribution in [3.05, 3.63) is 36.4 Å². The Morgan fingerprint density at radius 1 is 1.29 bits per heavy atom. The topological polar surface area (TPSA) is 18.5 Å². The van der Waals surface area contributed by atoms with Crippen LogP contribution in [0.4, 0.5) is 0 Å². The van der Waals surface area contributed by atoms with Crippen LogP contribution >= 0.6 is 0 Å². The van der Waals surface area contributed by atoms with Gasteiger partial charge in [0.25, 0.3) is 0 Å². The van der Waals surface area contributed by atoms with E-state index in [0.29, 0.717) is 5.92 Å². The predicted molar refractivity (Wildman–Crippen MR) is 71.8 cm³/mol. The van der Waals surface area contributed by atoms with Gasteiger partial charge in [0, 0.05) is 5.56 Å². The fourth-order valence-electron chi connectivity index (χ4n) is 1.62. The van der Waals surface area contributed by atoms with Crippen molar-refractivity contribution >= 4 is 0 Å². The van der Waals surface area contributed by atoms with Crippen LogP contribution in [0.5, 0.6) is 11.5 Å². The predicted octanol–water partition coefficient (Wildman–Crippen LogP) is 3.85. The molecule has 0 N–H and O–H groups in total. The maximum absolute atomic E-state index is 5.82. The Balaban J connectivity index is 2.78. The van der Waals surface area contributed by atoms with Crippen LogP contribution in [0.2, 0.25) is 0 Å². The summed E-state index contributed by atoms with van der Waals surface area (Å²) in [4.78, 5) is 0. The maximum atomic E-state index is 5.82. The van der Waals surface area contributed by atoms with Crippen LogP contribution < -0.4 is 9.47 Å². The van der Waals surface area contributed by atoms with E-state index in [-0.39, 0.29) is 0 Å². The molecule has 0 unspecified atom stereocenters. The maximum Gasteiger partial charge on any atom is 0.126 e. The number of methoxy groups -OCH3 is 1. The first-order valence-corrected chi connectivity index (χ1v) is 6.08. The molecule has 94 valence electrons. The summed E-state index contributed by atoms with van der Waals surface area (Å²) in [5.41, 5.74) is 1.08. The first-order chi connectivity index (χ1) is 8.19. The fourth-order valence-corrected chi connectivity index (χ4v) is 1.62. The van der Waals surface area contributed by atoms with Gasteiger partial charge in [-0.1, -0.05) is 26.0 Å². The lowest BCUT2D eigenvalue weighted by Gasteiger charge is -2.14. The monoisotopic (exact) mass is 234 g/mol. The molecule has 0 saturated carbocycles. The summed E-state index contributed by atoms with van der Waals surface area (Å²) < 4.78 is 11.2. The molecule has 0 atom stereocenters. The van der Waals surface area contributed by atoms with Gasteiger partial charge in [0.2, 0.25) is 0 Å². The van der Waals surface area contributed by atoms with E-state index in [1.165, 1.54) is 0 Å². The quantitative estimate of drug-likeness (QED) is 0.667. The number of allylic oxidation sites excluding steroid dienone is 1. The summed E-state index contributed by atoms with van der Waals surface area (Å²) in [6, 6.07) is 5.89. The first kappa shape index (κ1) is 13.6. The summed E-state index contributed by atoms with van der Waals surface area (Å²) >= 11 is 0. The summed E-state index contributed by atoms with van der Waals surface area (Å²) in [6.45, 7) is 8.90. The normalized spacial score (nSPS) is 10.4. The Morgan fingerprint density at radius 3 is 2.59 bits per heavy atom. The second-order valence-corrected chi connectivity index (χ2v) is 4.46. The summed E-state index contributed by atoms with van der Waals surface area (Å²) in [5, 5.41) is 0. The van der Waals surface area contributed by atoms with Crippen LogP contribution in [-0.2, 0) is 6.42 Å². The van der Waals surface area contributed by atoms with Gasteiger partial charge in [-0.05, 0) is 30.9 Å². The van der Waals surface area contributed by atoms with E-state index >= 15 is 0 Å². The SMILES string of the molecule is C=CCc1c(OC)cccc1OCCC(C)C. The van der Waals surface area contributed by atoms with Gasteiger partial charge in [0.05, 0.1) is 13.7 Å². The Kier molecular flexibility index (Phi) is 5.61. The van der Waals surface area contributed by atoms with Gasteiger partial charge in [-0.3, -0.25) is 0 Å². The van der Waals surface area contributed by atoms with E-state index < -0.39 is 0 Å². The van der Waals surface area contributed by atoms with Gasteiger partial charge in [0.15, 0.2) is 0 Å². The fraction of sp³-hybridized carbons (Fsp3) is 0.467. The minimum Gasteiger partial charge on any atom is -0.496 e. The average molecular weight is 234 g/mol. The molecule has 1 rings (SSSR count). The molecule has 0 aliphatic carbocycles. The van der Waals surface area contributed by atoms with E-state index in [4.69, 9.17) is 9.47 Å². The van der Waals surface area contributed by atoms with Crippen molar-refractivity contribution < 1.29 is 9.47 Å². The van der Waals surface area contributed by atoms with Gasteiger partial charge >= 0.3 is 0 Å². The van der Waals surface area contributed by atoms with Gasteiger partial charge in [-0.25, -0.2) is 0 Å². The van der Waals surface area contributed by atoms with Gasteiger partial charge in [0.1, 0.15) is 11.5 Å². The molecule has 0 radical (unpaired) electrons. The number of hydrogen-bond donors (Lipinski definition) is 0. The zero-order chi connectivity index (χ0) is 12.7. The third kappa shape index (κ3) is 4.14. The van der Waals surface area contributed by atoms with Gasteiger partial charge in [-0.15, -0.1) is 6.58 Å². The third-order valence-corrected chi connectivity index (χ3v) is 2.61. The highest BCUT2D eigenvalue weighted by Crippen LogP contribution is 2.29. The number of hydrogen-bond acceptors (Lipinski definition) is 2. The molecular weight excluding hydrogens is 212 g/mol. The van der Waals surface area contributed by atoms with Crippen molar-refractivity contribution in [1.29, 1.82) is 0 Å². The van der Waals surface area contributed by atoms with Crippen LogP contribution in [-0.4, -0.2) is 13.7 Å². The van der Waals surface area contributed by atoms with Crippen molar-refractivity contribution in [2.75, 3.05) is 13.7 Å². The molecular formula is C15H22O2. The van der Waals surface area contributed by atoms with Crippen LogP contribution in [0.3, 0.4) is 0 Å². The number of ether oxygens (including phenoxy) is 2. The van der Waals surface area contributed by atoms with Gasteiger partial charge < -0.3 is 9.47 Å². The molecule has 2 heteroatoms. The second-order valence-electron chi connectivity index (χ2n) is 4.46. The number of benzene rings is 1. The van der Waals surface area contributed by atoms with Crippen LogP contribution in [0.15, 0.2) is 30.9 Å². The van der Waals surface area contributed by atoms with Crippen LogP contribution in [0.1, 0.15) is 25.8 Å². The standard InChI is InChI=1S/C15H22O2/c1-5-7-13-14(16-4)8-6-9-15(13)17-11-10-12(2)3/h5-6,8-9,12H,1,7,10-11H2,2-4H3. The van der Waals surface area contributed by atoms with E-state index in [9.17, 15) is 0 Å². The molecule has 0 amide bonds. The third-order valence-electron chi connectivity index (χ3n) is 2.61. The lowest BCUT2D eigenvalue weighted by Crippen LogP contribution is -2.04. The highest BCUT2D eigenvalue weighted by atomic mass is 16.5. The van der Waals surface area contributed by atoms with Crippen molar-refractivity contribution in [2.45, 2.75) is 26.7 Å². The molecule has 0 aliphatic heterocycles. The lowest BCUT2D eigenvalue weighted by atomic mass is 10.1. The van der Waals surface area contributed by atoms with E-state index in [0.717, 1.165) is 36.5 Å². The Bertz CT molecular complexity index is 356. The van der Waals surface area contributed by atoms with E-state index in [1.54, 1.807) is 7.11 Å². The Hall–Kier alpha value is -1.44. The van der Waals surface area contributed by atoms with Crippen molar-refractivity contribution in [2.24, 2.45) is 5.92 Å². The van der Waals surface area contributed by atoms with Crippen molar-refractivity contribution in [3.8, 4) is 11.5 Å². The molecule has 0 heterocycles. The lowest BCUT2D eigenvalue weighted by molar-refractivity contribution is 0.285. The number of rotatable bonds is 7. The zero-order valence-electron chi connectivity index (χ0n) is 11.0. The molecule has 0 aliphatic rings. The molecule has 0 bridgehead atoms. The van der Waals surface area contributed by atoms with Gasteiger partial charge in [-0.2, -0.15) is 0 Å². The molecule has 0 aromatic heterocycles.